The molecule has 0 fully saturated rings. The molecule has 24 heavy (non-hydrogen) atoms. The van der Waals surface area contributed by atoms with E-state index < -0.39 is 6.10 Å². The average Bonchev–Trinajstić information content (AvgIpc) is 2.61. The molecular formula is C19H22FNO2S. The van der Waals surface area contributed by atoms with Crippen LogP contribution in [0.3, 0.4) is 0 Å². The second-order valence-electron chi connectivity index (χ2n) is 6.05. The van der Waals surface area contributed by atoms with Crippen molar-refractivity contribution in [1.29, 1.82) is 0 Å². The van der Waals surface area contributed by atoms with Gasteiger partial charge in [-0.1, -0.05) is 12.1 Å². The highest BCUT2D eigenvalue weighted by Gasteiger charge is 2.25. The molecule has 1 heterocycles. The Morgan fingerprint density at radius 3 is 2.71 bits per heavy atom. The molecule has 2 aromatic rings. The van der Waals surface area contributed by atoms with Crippen molar-refractivity contribution in [2.24, 2.45) is 0 Å². The number of thioether (sulfide) groups is 1. The van der Waals surface area contributed by atoms with Gasteiger partial charge in [0.1, 0.15) is 11.6 Å². The van der Waals surface area contributed by atoms with Crippen molar-refractivity contribution in [1.82, 2.24) is 5.32 Å². The van der Waals surface area contributed by atoms with E-state index in [-0.39, 0.29) is 17.9 Å². The molecule has 3 nitrogen and oxygen atoms in total. The molecule has 2 N–H and O–H groups in total. The third kappa shape index (κ3) is 3.74. The van der Waals surface area contributed by atoms with Gasteiger partial charge in [0.15, 0.2) is 0 Å². The van der Waals surface area contributed by atoms with Gasteiger partial charge in [-0.15, -0.1) is 11.8 Å². The summed E-state index contributed by atoms with van der Waals surface area (Å²) in [5.74, 6) is 1.54. The Balaban J connectivity index is 1.72. The van der Waals surface area contributed by atoms with Crippen LogP contribution in [0.1, 0.15) is 36.6 Å². The predicted octanol–water partition coefficient (Wildman–Crippen LogP) is 4.08. The second-order valence-corrected chi connectivity index (χ2v) is 7.18. The molecule has 3 rings (SSSR count). The van der Waals surface area contributed by atoms with E-state index in [1.807, 2.05) is 37.3 Å². The molecule has 0 saturated heterocycles. The van der Waals surface area contributed by atoms with Crippen LogP contribution in [-0.2, 0) is 0 Å². The van der Waals surface area contributed by atoms with Gasteiger partial charge in [0.2, 0.25) is 0 Å². The van der Waals surface area contributed by atoms with Gasteiger partial charge in [-0.2, -0.15) is 0 Å². The minimum absolute atomic E-state index is 0.0554. The highest BCUT2D eigenvalue weighted by atomic mass is 32.2. The van der Waals surface area contributed by atoms with E-state index in [4.69, 9.17) is 4.74 Å². The zero-order valence-corrected chi connectivity index (χ0v) is 14.6. The quantitative estimate of drug-likeness (QED) is 0.855. The maximum absolute atomic E-state index is 13.6. The van der Waals surface area contributed by atoms with Gasteiger partial charge in [-0.05, 0) is 60.6 Å². The molecular weight excluding hydrogens is 325 g/mol. The topological polar surface area (TPSA) is 41.5 Å². The highest BCUT2D eigenvalue weighted by Crippen LogP contribution is 2.37. The first-order valence-electron chi connectivity index (χ1n) is 8.09. The minimum atomic E-state index is -0.637. The van der Waals surface area contributed by atoms with E-state index in [1.165, 1.54) is 6.07 Å². The summed E-state index contributed by atoms with van der Waals surface area (Å²) in [6, 6.07) is 12.3. The maximum Gasteiger partial charge on any atom is 0.123 e. The molecule has 3 atom stereocenters. The fourth-order valence-electron chi connectivity index (χ4n) is 3.04. The third-order valence-electron chi connectivity index (χ3n) is 4.41. The number of hydrogen-bond acceptors (Lipinski definition) is 4. The lowest BCUT2D eigenvalue weighted by atomic mass is 9.99. The van der Waals surface area contributed by atoms with Crippen molar-refractivity contribution in [3.05, 3.63) is 59.4 Å². The molecule has 2 aromatic carbocycles. The molecule has 0 spiro atoms. The Labute approximate surface area is 146 Å². The van der Waals surface area contributed by atoms with Crippen LogP contribution in [0.15, 0.2) is 47.4 Å². The number of methoxy groups -OCH3 is 1. The van der Waals surface area contributed by atoms with Crippen LogP contribution < -0.4 is 10.1 Å². The van der Waals surface area contributed by atoms with Crippen LogP contribution in [-0.4, -0.2) is 24.0 Å². The first kappa shape index (κ1) is 17.3. The Bertz CT molecular complexity index is 692. The molecule has 1 aliphatic rings. The van der Waals surface area contributed by atoms with Crippen molar-refractivity contribution in [2.75, 3.05) is 12.9 Å². The van der Waals surface area contributed by atoms with Crippen molar-refractivity contribution in [2.45, 2.75) is 36.4 Å². The first-order valence-corrected chi connectivity index (χ1v) is 9.07. The number of halogens is 1. The Morgan fingerprint density at radius 2 is 2.00 bits per heavy atom. The lowest BCUT2D eigenvalue weighted by molar-refractivity contribution is 0.128. The number of aliphatic hydroxyl groups is 1. The van der Waals surface area contributed by atoms with Crippen molar-refractivity contribution in [3.8, 4) is 5.75 Å². The fourth-order valence-corrected chi connectivity index (χ4v) is 4.14. The van der Waals surface area contributed by atoms with Crippen LogP contribution in [0.5, 0.6) is 5.75 Å². The number of fused-ring (bicyclic) bond motifs is 1. The van der Waals surface area contributed by atoms with Gasteiger partial charge in [-0.25, -0.2) is 4.39 Å². The van der Waals surface area contributed by atoms with Crippen LogP contribution in [0, 0.1) is 5.82 Å². The summed E-state index contributed by atoms with van der Waals surface area (Å²) in [4.78, 5) is 1.12. The van der Waals surface area contributed by atoms with Gasteiger partial charge in [-0.3, -0.25) is 0 Å². The van der Waals surface area contributed by atoms with Gasteiger partial charge >= 0.3 is 0 Å². The van der Waals surface area contributed by atoms with E-state index in [0.717, 1.165) is 33.9 Å². The normalized spacial score (nSPS) is 19.4. The Morgan fingerprint density at radius 1 is 1.25 bits per heavy atom. The van der Waals surface area contributed by atoms with Gasteiger partial charge < -0.3 is 15.2 Å². The largest absolute Gasteiger partial charge is 0.497 e. The standard InChI is InChI=1S/C19H22FNO2S/c1-12(19(22)13-3-6-15(23-2)7-4-13)21-17-9-10-24-18-8-5-14(20)11-16(17)18/h3-8,11-12,17,19,21-22H,9-10H2,1-2H3. The zero-order chi connectivity index (χ0) is 17.1. The fraction of sp³-hybridized carbons (Fsp3) is 0.368. The lowest BCUT2D eigenvalue weighted by Gasteiger charge is -2.31. The van der Waals surface area contributed by atoms with Crippen LogP contribution in [0.2, 0.25) is 0 Å². The minimum Gasteiger partial charge on any atom is -0.497 e. The second kappa shape index (κ2) is 7.55. The van der Waals surface area contributed by atoms with E-state index >= 15 is 0 Å². The van der Waals surface area contributed by atoms with Gasteiger partial charge in [0.05, 0.1) is 13.2 Å². The Hall–Kier alpha value is -1.56. The molecule has 5 heteroatoms. The smallest absolute Gasteiger partial charge is 0.123 e. The molecule has 0 aliphatic carbocycles. The van der Waals surface area contributed by atoms with Crippen LogP contribution in [0.4, 0.5) is 4.39 Å². The number of nitrogens with one attached hydrogen (secondary N) is 1. The van der Waals surface area contributed by atoms with Crippen LogP contribution in [0.25, 0.3) is 0 Å². The van der Waals surface area contributed by atoms with Gasteiger partial charge in [0, 0.05) is 17.0 Å². The summed E-state index contributed by atoms with van der Waals surface area (Å²) in [5, 5.41) is 14.1. The highest BCUT2D eigenvalue weighted by molar-refractivity contribution is 7.99. The molecule has 0 aromatic heterocycles. The zero-order valence-electron chi connectivity index (χ0n) is 13.8. The SMILES string of the molecule is COc1ccc(C(O)C(C)NC2CCSc3ccc(F)cc32)cc1. The number of rotatable bonds is 5. The van der Waals surface area contributed by atoms with E-state index in [2.05, 4.69) is 5.32 Å². The van der Waals surface area contributed by atoms with Crippen LogP contribution >= 0.6 is 11.8 Å². The summed E-state index contributed by atoms with van der Waals surface area (Å²) in [7, 11) is 1.62. The number of aliphatic hydroxyl groups excluding tert-OH is 1. The number of benzene rings is 2. The molecule has 3 unspecified atom stereocenters. The summed E-state index contributed by atoms with van der Waals surface area (Å²) in [6.07, 6.45) is 0.281. The molecule has 0 radical (unpaired) electrons. The summed E-state index contributed by atoms with van der Waals surface area (Å²) in [5.41, 5.74) is 1.82. The maximum atomic E-state index is 13.6. The van der Waals surface area contributed by atoms with E-state index in [9.17, 15) is 9.50 Å². The molecule has 1 aliphatic heterocycles. The summed E-state index contributed by atoms with van der Waals surface area (Å²) in [6.45, 7) is 1.95. The molecule has 128 valence electrons. The summed E-state index contributed by atoms with van der Waals surface area (Å²) < 4.78 is 18.7. The number of hydrogen-bond donors (Lipinski definition) is 2. The Kier molecular flexibility index (Phi) is 5.43. The molecule has 0 amide bonds. The predicted molar refractivity (Wildman–Crippen MR) is 95.0 cm³/mol. The van der Waals surface area contributed by atoms with Gasteiger partial charge in [0.25, 0.3) is 0 Å². The lowest BCUT2D eigenvalue weighted by Crippen LogP contribution is -2.36. The van der Waals surface area contributed by atoms with E-state index in [1.54, 1.807) is 24.9 Å². The monoisotopic (exact) mass is 347 g/mol. The average molecular weight is 347 g/mol. The van der Waals surface area contributed by atoms with E-state index in [0.29, 0.717) is 0 Å². The van der Waals surface area contributed by atoms with Crippen molar-refractivity contribution in [3.63, 3.8) is 0 Å². The molecule has 0 bridgehead atoms. The molecule has 0 saturated carbocycles. The van der Waals surface area contributed by atoms with Crippen molar-refractivity contribution < 1.29 is 14.2 Å². The first-order chi connectivity index (χ1) is 11.6. The summed E-state index contributed by atoms with van der Waals surface area (Å²) >= 11 is 1.75. The van der Waals surface area contributed by atoms with Crippen molar-refractivity contribution >= 4 is 11.8 Å². The number of ether oxygens (including phenoxy) is 1. The third-order valence-corrected chi connectivity index (χ3v) is 5.53.